The van der Waals surface area contributed by atoms with Gasteiger partial charge in [0.1, 0.15) is 0 Å². The van der Waals surface area contributed by atoms with E-state index in [1.165, 1.54) is 109 Å². The van der Waals surface area contributed by atoms with E-state index in [-0.39, 0.29) is 0 Å². The Labute approximate surface area is 159 Å². The first-order valence-corrected chi connectivity index (χ1v) is 11.4. The Morgan fingerprint density at radius 2 is 0.640 bits per heavy atom. The van der Waals surface area contributed by atoms with Crippen molar-refractivity contribution < 1.29 is 0 Å². The minimum Gasteiger partial charge on any atom is -0.0891 e. The fourth-order valence-electron chi connectivity index (χ4n) is 3.08. The molecule has 0 radical (unpaired) electrons. The van der Waals surface area contributed by atoms with Gasteiger partial charge in [-0.1, -0.05) is 122 Å². The van der Waals surface area contributed by atoms with E-state index in [1.54, 1.807) is 0 Å². The average molecular weight is 345 g/mol. The Balaban J connectivity index is 3.21. The summed E-state index contributed by atoms with van der Waals surface area (Å²) >= 11 is 0. The van der Waals surface area contributed by atoms with E-state index in [9.17, 15) is 0 Å². The minimum atomic E-state index is 1.03. The zero-order valence-electron chi connectivity index (χ0n) is 17.4. The molecule has 0 aromatic heterocycles. The summed E-state index contributed by atoms with van der Waals surface area (Å²) in [4.78, 5) is 0. The Morgan fingerprint density at radius 1 is 0.360 bits per heavy atom. The quantitative estimate of drug-likeness (QED) is 0.183. The maximum atomic E-state index is 3.21. The number of rotatable bonds is 17. The van der Waals surface area contributed by atoms with Crippen LogP contribution >= 0.6 is 0 Å². The van der Waals surface area contributed by atoms with Crippen LogP contribution < -0.4 is 0 Å². The predicted molar refractivity (Wildman–Crippen MR) is 115 cm³/mol. The highest BCUT2D eigenvalue weighted by Crippen LogP contribution is 2.11. The topological polar surface area (TPSA) is 0 Å². The third kappa shape index (κ3) is 23.1. The van der Waals surface area contributed by atoms with Crippen molar-refractivity contribution in [2.75, 3.05) is 0 Å². The second-order valence-corrected chi connectivity index (χ2v) is 7.41. The van der Waals surface area contributed by atoms with Crippen LogP contribution in [0.25, 0.3) is 0 Å². The number of hydrogen-bond donors (Lipinski definition) is 0. The molecule has 0 aromatic carbocycles. The third-order valence-corrected chi connectivity index (χ3v) is 4.80. The summed E-state index contributed by atoms with van der Waals surface area (Å²) in [7, 11) is 0. The molecular weight excluding hydrogens is 300 g/mol. The van der Waals surface area contributed by atoms with Gasteiger partial charge in [0.05, 0.1) is 0 Å². The van der Waals surface area contributed by atoms with Crippen LogP contribution in [0.1, 0.15) is 136 Å². The lowest BCUT2D eigenvalue weighted by atomic mass is 10.1. The van der Waals surface area contributed by atoms with Gasteiger partial charge < -0.3 is 0 Å². The van der Waals surface area contributed by atoms with Crippen LogP contribution in [0.5, 0.6) is 0 Å². The zero-order valence-corrected chi connectivity index (χ0v) is 17.4. The number of unbranched alkanes of at least 4 members (excludes halogenated alkanes) is 17. The predicted octanol–water partition coefficient (Wildman–Crippen LogP) is 8.44. The van der Waals surface area contributed by atoms with Gasteiger partial charge in [0.15, 0.2) is 0 Å². The zero-order chi connectivity index (χ0) is 18.3. The lowest BCUT2D eigenvalue weighted by Gasteiger charge is -2.00. The van der Waals surface area contributed by atoms with Gasteiger partial charge in [-0.2, -0.15) is 0 Å². The minimum absolute atomic E-state index is 1.03. The van der Waals surface area contributed by atoms with Crippen LogP contribution in [0.4, 0.5) is 0 Å². The molecule has 0 spiro atoms. The first-order valence-electron chi connectivity index (χ1n) is 11.4. The van der Waals surface area contributed by atoms with Crippen LogP contribution in [0, 0.1) is 23.7 Å². The van der Waals surface area contributed by atoms with Crippen molar-refractivity contribution in [2.24, 2.45) is 0 Å². The molecule has 0 nitrogen and oxygen atoms in total. The fraction of sp³-hybridized carbons (Fsp3) is 0.840. The monoisotopic (exact) mass is 344 g/mol. The van der Waals surface area contributed by atoms with Gasteiger partial charge in [-0.25, -0.2) is 0 Å². The number of hydrogen-bond acceptors (Lipinski definition) is 0. The summed E-state index contributed by atoms with van der Waals surface area (Å²) in [5.41, 5.74) is 0. The molecular formula is C25H44. The van der Waals surface area contributed by atoms with Crippen molar-refractivity contribution in [2.45, 2.75) is 136 Å². The largest absolute Gasteiger partial charge is 0.0891 e. The maximum Gasteiger partial charge on any atom is 0.00989 e. The molecule has 0 heterocycles. The van der Waals surface area contributed by atoms with Crippen molar-refractivity contribution in [3.8, 4) is 23.7 Å². The molecule has 0 saturated carbocycles. The van der Waals surface area contributed by atoms with E-state index in [4.69, 9.17) is 0 Å². The van der Waals surface area contributed by atoms with Gasteiger partial charge in [0.25, 0.3) is 0 Å². The molecule has 0 aliphatic heterocycles. The first kappa shape index (κ1) is 24.1. The maximum absolute atomic E-state index is 3.21. The molecule has 0 atom stereocenters. The highest BCUT2D eigenvalue weighted by Gasteiger charge is 1.92. The Hall–Kier alpha value is -0.880. The van der Waals surface area contributed by atoms with E-state index < -0.39 is 0 Å². The van der Waals surface area contributed by atoms with Crippen molar-refractivity contribution in [3.63, 3.8) is 0 Å². The fourth-order valence-corrected chi connectivity index (χ4v) is 3.08. The molecule has 0 unspecified atom stereocenters. The molecule has 0 heteroatoms. The molecule has 0 aliphatic rings. The SMILES string of the molecule is CCCCCCCCCC#CC#CCCCCCCCCCCCC. The molecule has 0 aliphatic carbocycles. The van der Waals surface area contributed by atoms with Crippen LogP contribution in [-0.2, 0) is 0 Å². The first-order chi connectivity index (χ1) is 12.4. The van der Waals surface area contributed by atoms with Gasteiger partial charge in [0, 0.05) is 12.8 Å². The summed E-state index contributed by atoms with van der Waals surface area (Å²) in [5.74, 6) is 12.5. The summed E-state index contributed by atoms with van der Waals surface area (Å²) in [6.07, 6.45) is 25.5. The van der Waals surface area contributed by atoms with Crippen LogP contribution in [-0.4, -0.2) is 0 Å². The normalized spacial score (nSPS) is 10.0. The lowest BCUT2D eigenvalue weighted by molar-refractivity contribution is 0.558. The second-order valence-electron chi connectivity index (χ2n) is 7.41. The van der Waals surface area contributed by atoms with Crippen molar-refractivity contribution in [3.05, 3.63) is 0 Å². The molecule has 0 saturated heterocycles. The van der Waals surface area contributed by atoms with Gasteiger partial charge >= 0.3 is 0 Å². The summed E-state index contributed by atoms with van der Waals surface area (Å²) in [6, 6.07) is 0. The second kappa shape index (κ2) is 23.1. The lowest BCUT2D eigenvalue weighted by Crippen LogP contribution is -1.81. The average Bonchev–Trinajstić information content (AvgIpc) is 2.63. The van der Waals surface area contributed by atoms with E-state index in [0.29, 0.717) is 0 Å². The Kier molecular flexibility index (Phi) is 22.3. The smallest absolute Gasteiger partial charge is 0.00989 e. The third-order valence-electron chi connectivity index (χ3n) is 4.80. The van der Waals surface area contributed by atoms with Crippen molar-refractivity contribution in [1.82, 2.24) is 0 Å². The molecule has 144 valence electrons. The van der Waals surface area contributed by atoms with Gasteiger partial charge in [-0.3, -0.25) is 0 Å². The highest BCUT2D eigenvalue weighted by molar-refractivity contribution is 5.25. The highest BCUT2D eigenvalue weighted by atomic mass is 14.0. The van der Waals surface area contributed by atoms with Crippen LogP contribution in [0.3, 0.4) is 0 Å². The molecule has 0 N–H and O–H groups in total. The molecule has 0 amide bonds. The van der Waals surface area contributed by atoms with Gasteiger partial charge in [0.2, 0.25) is 0 Å². The molecule has 0 fully saturated rings. The molecule has 0 bridgehead atoms. The van der Waals surface area contributed by atoms with E-state index in [2.05, 4.69) is 37.5 Å². The standard InChI is InChI=1S/C25H44/c1-3-5-7-9-11-13-15-17-19-21-23-25-24-22-20-18-16-14-12-10-8-6-4-2/h3-19,21,23H2,1-2H3. The Morgan fingerprint density at radius 3 is 0.960 bits per heavy atom. The molecule has 0 aromatic rings. The van der Waals surface area contributed by atoms with Gasteiger partial charge in [-0.15, -0.1) is 0 Å². The van der Waals surface area contributed by atoms with E-state index >= 15 is 0 Å². The van der Waals surface area contributed by atoms with Gasteiger partial charge in [-0.05, 0) is 24.7 Å². The molecule has 0 rings (SSSR count). The van der Waals surface area contributed by atoms with E-state index in [0.717, 1.165) is 12.8 Å². The summed E-state index contributed by atoms with van der Waals surface area (Å²) in [6.45, 7) is 4.55. The molecule has 25 heavy (non-hydrogen) atoms. The van der Waals surface area contributed by atoms with Crippen molar-refractivity contribution >= 4 is 0 Å². The van der Waals surface area contributed by atoms with Crippen LogP contribution in [0.2, 0.25) is 0 Å². The van der Waals surface area contributed by atoms with Crippen LogP contribution in [0.15, 0.2) is 0 Å². The van der Waals surface area contributed by atoms with Crippen molar-refractivity contribution in [1.29, 1.82) is 0 Å². The van der Waals surface area contributed by atoms with E-state index in [1.807, 2.05) is 0 Å². The summed E-state index contributed by atoms with van der Waals surface area (Å²) in [5, 5.41) is 0. The summed E-state index contributed by atoms with van der Waals surface area (Å²) < 4.78 is 0. The Bertz CT molecular complexity index is 357.